The molecular weight excluding hydrogens is 564 g/mol. The first-order valence-electron chi connectivity index (χ1n) is 15.5. The van der Waals surface area contributed by atoms with E-state index in [-0.39, 0.29) is 43.1 Å². The molecule has 0 aliphatic carbocycles. The zero-order chi connectivity index (χ0) is 33.6. The van der Waals surface area contributed by atoms with Crippen LogP contribution in [0.1, 0.15) is 80.2 Å². The summed E-state index contributed by atoms with van der Waals surface area (Å²) in [6, 6.07) is 7.19. The molecule has 11 nitrogen and oxygen atoms in total. The van der Waals surface area contributed by atoms with Gasteiger partial charge in [0, 0.05) is 39.6 Å². The lowest BCUT2D eigenvalue weighted by Gasteiger charge is -2.33. The van der Waals surface area contributed by atoms with Gasteiger partial charge in [-0.3, -0.25) is 19.3 Å². The van der Waals surface area contributed by atoms with Gasteiger partial charge in [0.05, 0.1) is 12.1 Å². The highest BCUT2D eigenvalue weighted by Crippen LogP contribution is 2.18. The molecule has 0 saturated heterocycles. The first kappa shape index (κ1) is 38.8. The highest BCUT2D eigenvalue weighted by molar-refractivity contribution is 5.88. The van der Waals surface area contributed by atoms with Gasteiger partial charge in [-0.15, -0.1) is 0 Å². The molecule has 11 heteroatoms. The molecule has 0 aliphatic heterocycles. The van der Waals surface area contributed by atoms with Crippen LogP contribution in [0.25, 0.3) is 0 Å². The highest BCUT2D eigenvalue weighted by Gasteiger charge is 2.34. The Kier molecular flexibility index (Phi) is 16.4. The Balaban J connectivity index is 2.95. The summed E-state index contributed by atoms with van der Waals surface area (Å²) in [5.74, 6) is -1.79. The van der Waals surface area contributed by atoms with E-state index >= 15 is 0 Å². The number of hydrogen-bond acceptors (Lipinski definition) is 7. The Morgan fingerprint density at radius 3 is 2.05 bits per heavy atom. The van der Waals surface area contributed by atoms with E-state index in [2.05, 4.69) is 16.0 Å². The molecule has 0 fully saturated rings. The van der Waals surface area contributed by atoms with Crippen molar-refractivity contribution in [2.24, 2.45) is 17.8 Å². The summed E-state index contributed by atoms with van der Waals surface area (Å²) in [6.45, 7) is 15.2. The van der Waals surface area contributed by atoms with Gasteiger partial charge in [0.15, 0.2) is 0 Å². The minimum Gasteiger partial charge on any atom is -0.444 e. The van der Waals surface area contributed by atoms with E-state index in [9.17, 15) is 24.3 Å². The normalized spacial score (nSPS) is 15.1. The van der Waals surface area contributed by atoms with Crippen LogP contribution in [0, 0.1) is 17.8 Å². The van der Waals surface area contributed by atoms with Gasteiger partial charge in [0.1, 0.15) is 17.7 Å². The van der Waals surface area contributed by atoms with E-state index in [1.54, 1.807) is 27.7 Å². The van der Waals surface area contributed by atoms with Crippen molar-refractivity contribution < 1.29 is 33.8 Å². The predicted octanol–water partition coefficient (Wildman–Crippen LogP) is 3.63. The van der Waals surface area contributed by atoms with Crippen LogP contribution in [0.3, 0.4) is 0 Å². The van der Waals surface area contributed by atoms with E-state index in [4.69, 9.17) is 9.47 Å². The Bertz CT molecular complexity index is 1040. The van der Waals surface area contributed by atoms with Crippen molar-refractivity contribution in [3.8, 4) is 0 Å². The van der Waals surface area contributed by atoms with Gasteiger partial charge in [-0.1, -0.05) is 65.0 Å². The smallest absolute Gasteiger partial charge is 0.410 e. The lowest BCUT2D eigenvalue weighted by molar-refractivity contribution is -0.132. The highest BCUT2D eigenvalue weighted by atomic mass is 16.6. The number of hydrogen-bond donors (Lipinski definition) is 4. The lowest BCUT2D eigenvalue weighted by atomic mass is 9.91. The number of rotatable bonds is 17. The number of carbonyl (C=O) groups excluding carboxylic acids is 4. The molecule has 0 bridgehead atoms. The summed E-state index contributed by atoms with van der Waals surface area (Å²) in [5, 5.41) is 19.9. The van der Waals surface area contributed by atoms with E-state index in [0.717, 1.165) is 5.56 Å². The first-order chi connectivity index (χ1) is 20.5. The molecular formula is C33H56N4O7. The maximum absolute atomic E-state index is 13.5. The number of nitrogens with zero attached hydrogens (tertiary/aromatic N) is 1. The SMILES string of the molecule is COCC[C@@H](C(=O)N[C@@H](CC(C)C)[C@@H](O)C[C@@H](C)C(=O)N[C@H](C(=O)NCc1ccccc1)C(C)C)N(C)C(=O)OC(C)(C)C. The molecule has 250 valence electrons. The van der Waals surface area contributed by atoms with Crippen LogP contribution in [0.5, 0.6) is 0 Å². The van der Waals surface area contributed by atoms with Crippen molar-refractivity contribution >= 4 is 23.8 Å². The molecule has 0 saturated carbocycles. The van der Waals surface area contributed by atoms with Crippen LogP contribution in [-0.2, 0) is 30.4 Å². The van der Waals surface area contributed by atoms with Crippen molar-refractivity contribution in [2.45, 2.75) is 111 Å². The third-order valence-electron chi connectivity index (χ3n) is 7.16. The number of carbonyl (C=O) groups is 4. The maximum atomic E-state index is 13.5. The number of methoxy groups -OCH3 is 1. The first-order valence-corrected chi connectivity index (χ1v) is 15.5. The zero-order valence-electron chi connectivity index (χ0n) is 28.3. The molecule has 4 amide bonds. The summed E-state index contributed by atoms with van der Waals surface area (Å²) in [4.78, 5) is 53.6. The van der Waals surface area contributed by atoms with Crippen molar-refractivity contribution in [1.29, 1.82) is 0 Å². The molecule has 0 spiro atoms. The van der Waals surface area contributed by atoms with Crippen molar-refractivity contribution in [1.82, 2.24) is 20.9 Å². The van der Waals surface area contributed by atoms with Crippen molar-refractivity contribution in [2.75, 3.05) is 20.8 Å². The fourth-order valence-corrected chi connectivity index (χ4v) is 4.65. The van der Waals surface area contributed by atoms with Crippen LogP contribution in [0.15, 0.2) is 30.3 Å². The molecule has 44 heavy (non-hydrogen) atoms. The van der Waals surface area contributed by atoms with Crippen molar-refractivity contribution in [3.63, 3.8) is 0 Å². The molecule has 1 aromatic rings. The second-order valence-electron chi connectivity index (χ2n) is 13.3. The molecule has 0 aromatic heterocycles. The van der Waals surface area contributed by atoms with E-state index in [1.807, 2.05) is 58.0 Å². The number of aliphatic hydroxyl groups excluding tert-OH is 1. The number of amides is 4. The standard InChI is InChI=1S/C33H56N4O7/c1-21(2)18-25(35-30(40)26(16-17-43-10)37(9)32(42)44-33(6,7)8)27(38)19-23(5)29(39)36-28(22(3)4)31(41)34-20-24-14-12-11-13-15-24/h11-15,21-23,25-28,38H,16-20H2,1-10H3,(H,34,41)(H,35,40)(H,36,39)/t23-,25+,26+,27+,28+/m1/s1. The topological polar surface area (TPSA) is 146 Å². The van der Waals surface area contributed by atoms with E-state index in [0.29, 0.717) is 13.0 Å². The molecule has 0 aliphatic rings. The largest absolute Gasteiger partial charge is 0.444 e. The fourth-order valence-electron chi connectivity index (χ4n) is 4.65. The van der Waals surface area contributed by atoms with E-state index < -0.39 is 47.7 Å². The minimum absolute atomic E-state index is 0.0601. The molecule has 0 unspecified atom stereocenters. The van der Waals surface area contributed by atoms with Gasteiger partial charge < -0.3 is 30.5 Å². The fraction of sp³-hybridized carbons (Fsp3) is 0.697. The molecule has 1 aromatic carbocycles. The lowest BCUT2D eigenvalue weighted by Crippen LogP contribution is -2.55. The minimum atomic E-state index is -1.05. The summed E-state index contributed by atoms with van der Waals surface area (Å²) in [5.41, 5.74) is 0.212. The summed E-state index contributed by atoms with van der Waals surface area (Å²) >= 11 is 0. The molecule has 5 atom stereocenters. The average Bonchev–Trinajstić information content (AvgIpc) is 2.93. The Labute approximate surface area is 263 Å². The zero-order valence-corrected chi connectivity index (χ0v) is 28.3. The third kappa shape index (κ3) is 14.1. The van der Waals surface area contributed by atoms with Gasteiger partial charge in [0.25, 0.3) is 0 Å². The van der Waals surface area contributed by atoms with E-state index in [1.165, 1.54) is 19.1 Å². The quantitative estimate of drug-likeness (QED) is 0.208. The molecule has 1 rings (SSSR count). The Morgan fingerprint density at radius 2 is 1.52 bits per heavy atom. The third-order valence-corrected chi connectivity index (χ3v) is 7.16. The summed E-state index contributed by atoms with van der Waals surface area (Å²) in [7, 11) is 3.01. The number of benzene rings is 1. The molecule has 0 radical (unpaired) electrons. The van der Waals surface area contributed by atoms with Gasteiger partial charge in [-0.05, 0) is 51.0 Å². The molecule has 4 N–H and O–H groups in total. The number of likely N-dealkylation sites (N-methyl/N-ethyl adjacent to an activating group) is 1. The predicted molar refractivity (Wildman–Crippen MR) is 171 cm³/mol. The van der Waals surface area contributed by atoms with Crippen LogP contribution in [0.2, 0.25) is 0 Å². The Hall–Kier alpha value is -3.18. The second-order valence-corrected chi connectivity index (χ2v) is 13.3. The Morgan fingerprint density at radius 1 is 0.909 bits per heavy atom. The second kappa shape index (κ2) is 18.6. The van der Waals surface area contributed by atoms with Gasteiger partial charge in [-0.25, -0.2) is 4.79 Å². The average molecular weight is 621 g/mol. The number of aliphatic hydroxyl groups is 1. The summed E-state index contributed by atoms with van der Waals surface area (Å²) < 4.78 is 10.6. The van der Waals surface area contributed by atoms with Gasteiger partial charge in [0.2, 0.25) is 17.7 Å². The number of ether oxygens (including phenoxy) is 2. The van der Waals surface area contributed by atoms with Crippen LogP contribution < -0.4 is 16.0 Å². The summed E-state index contributed by atoms with van der Waals surface area (Å²) in [6.07, 6.45) is -0.964. The maximum Gasteiger partial charge on any atom is 0.410 e. The van der Waals surface area contributed by atoms with Crippen LogP contribution in [-0.4, -0.2) is 84.4 Å². The van der Waals surface area contributed by atoms with Crippen LogP contribution in [0.4, 0.5) is 4.79 Å². The van der Waals surface area contributed by atoms with Gasteiger partial charge >= 0.3 is 6.09 Å². The van der Waals surface area contributed by atoms with Gasteiger partial charge in [-0.2, -0.15) is 0 Å². The number of nitrogens with one attached hydrogen (secondary N) is 3. The van der Waals surface area contributed by atoms with Crippen molar-refractivity contribution in [3.05, 3.63) is 35.9 Å². The monoisotopic (exact) mass is 620 g/mol. The van der Waals surface area contributed by atoms with Crippen LogP contribution >= 0.6 is 0 Å². The molecule has 0 heterocycles.